The van der Waals surface area contributed by atoms with Gasteiger partial charge in [0, 0.05) is 12.0 Å². The van der Waals surface area contributed by atoms with Crippen LogP contribution in [0.2, 0.25) is 0 Å². The molecule has 20 heavy (non-hydrogen) atoms. The summed E-state index contributed by atoms with van der Waals surface area (Å²) in [5.74, 6) is 1.61. The molecule has 2 nitrogen and oxygen atoms in total. The summed E-state index contributed by atoms with van der Waals surface area (Å²) in [6.45, 7) is 7.55. The van der Waals surface area contributed by atoms with Crippen molar-refractivity contribution in [2.75, 3.05) is 6.54 Å². The number of hydrogen-bond donors (Lipinski definition) is 2. The van der Waals surface area contributed by atoms with Crippen LogP contribution in [0.4, 0.5) is 0 Å². The van der Waals surface area contributed by atoms with Crippen molar-refractivity contribution in [2.45, 2.75) is 91.1 Å². The maximum atomic E-state index is 10.6. The first-order chi connectivity index (χ1) is 9.55. The van der Waals surface area contributed by atoms with Gasteiger partial charge in [-0.05, 0) is 43.9 Å². The standard InChI is InChI=1S/C18H37NO/c1-4-5-6-7-8-9-17(20)18(14-19)12-10-16(11-13-18)15(2)3/h15-17,20H,4-14,19H2,1-3H3. The van der Waals surface area contributed by atoms with Crippen molar-refractivity contribution in [1.29, 1.82) is 0 Å². The quantitative estimate of drug-likeness (QED) is 0.612. The van der Waals surface area contributed by atoms with Crippen molar-refractivity contribution in [2.24, 2.45) is 23.0 Å². The summed E-state index contributed by atoms with van der Waals surface area (Å²) in [5, 5.41) is 10.6. The zero-order valence-corrected chi connectivity index (χ0v) is 14.0. The van der Waals surface area contributed by atoms with Gasteiger partial charge in [0.2, 0.25) is 0 Å². The zero-order chi connectivity index (χ0) is 15.0. The van der Waals surface area contributed by atoms with Gasteiger partial charge >= 0.3 is 0 Å². The Bertz CT molecular complexity index is 244. The fraction of sp³-hybridized carbons (Fsp3) is 1.00. The molecule has 0 saturated heterocycles. The monoisotopic (exact) mass is 283 g/mol. The van der Waals surface area contributed by atoms with Gasteiger partial charge < -0.3 is 10.8 Å². The number of aliphatic hydroxyl groups excluding tert-OH is 1. The fourth-order valence-corrected chi connectivity index (χ4v) is 3.80. The summed E-state index contributed by atoms with van der Waals surface area (Å²) in [6, 6.07) is 0. The number of hydrogen-bond acceptors (Lipinski definition) is 2. The predicted octanol–water partition coefficient (Wildman–Crippen LogP) is 4.50. The third kappa shape index (κ3) is 5.04. The van der Waals surface area contributed by atoms with E-state index in [1.54, 1.807) is 0 Å². The third-order valence-corrected chi connectivity index (χ3v) is 5.66. The Balaban J connectivity index is 2.37. The average molecular weight is 284 g/mol. The van der Waals surface area contributed by atoms with Gasteiger partial charge in [-0.1, -0.05) is 52.9 Å². The molecule has 0 aromatic heterocycles. The van der Waals surface area contributed by atoms with Gasteiger partial charge in [0.1, 0.15) is 0 Å². The Labute approximate surface area is 126 Å². The van der Waals surface area contributed by atoms with Crippen LogP contribution in [-0.2, 0) is 0 Å². The molecule has 0 heterocycles. The van der Waals surface area contributed by atoms with Crippen molar-refractivity contribution >= 4 is 0 Å². The summed E-state index contributed by atoms with van der Waals surface area (Å²) in [7, 11) is 0. The maximum absolute atomic E-state index is 10.6. The van der Waals surface area contributed by atoms with Crippen LogP contribution in [0, 0.1) is 17.3 Å². The Morgan fingerprint density at radius 3 is 2.20 bits per heavy atom. The molecule has 0 bridgehead atoms. The van der Waals surface area contributed by atoms with E-state index in [1.165, 1.54) is 38.5 Å². The SMILES string of the molecule is CCCCCCCC(O)C1(CN)CCC(C(C)C)CC1. The Morgan fingerprint density at radius 2 is 1.70 bits per heavy atom. The van der Waals surface area contributed by atoms with Gasteiger partial charge in [0.05, 0.1) is 6.10 Å². The molecule has 3 N–H and O–H groups in total. The normalized spacial score (nSPS) is 28.8. The van der Waals surface area contributed by atoms with E-state index < -0.39 is 0 Å². The van der Waals surface area contributed by atoms with Crippen molar-refractivity contribution in [3.63, 3.8) is 0 Å². The second-order valence-corrected chi connectivity index (χ2v) is 7.37. The van der Waals surface area contributed by atoms with Crippen LogP contribution in [0.5, 0.6) is 0 Å². The van der Waals surface area contributed by atoms with Gasteiger partial charge in [-0.3, -0.25) is 0 Å². The van der Waals surface area contributed by atoms with E-state index in [2.05, 4.69) is 20.8 Å². The largest absolute Gasteiger partial charge is 0.393 e. The smallest absolute Gasteiger partial charge is 0.0608 e. The molecule has 0 aromatic carbocycles. The van der Waals surface area contributed by atoms with Crippen molar-refractivity contribution in [3.8, 4) is 0 Å². The summed E-state index contributed by atoms with van der Waals surface area (Å²) in [4.78, 5) is 0. The highest BCUT2D eigenvalue weighted by atomic mass is 16.3. The highest BCUT2D eigenvalue weighted by Crippen LogP contribution is 2.44. The molecule has 1 unspecified atom stereocenters. The lowest BCUT2D eigenvalue weighted by Gasteiger charge is -2.44. The predicted molar refractivity (Wildman–Crippen MR) is 87.7 cm³/mol. The van der Waals surface area contributed by atoms with Crippen LogP contribution in [0.25, 0.3) is 0 Å². The van der Waals surface area contributed by atoms with Crippen LogP contribution in [0.15, 0.2) is 0 Å². The van der Waals surface area contributed by atoms with Crippen molar-refractivity contribution in [1.82, 2.24) is 0 Å². The van der Waals surface area contributed by atoms with E-state index in [-0.39, 0.29) is 11.5 Å². The molecule has 0 spiro atoms. The van der Waals surface area contributed by atoms with E-state index in [9.17, 15) is 5.11 Å². The first kappa shape index (κ1) is 18.0. The minimum atomic E-state index is -0.178. The average Bonchev–Trinajstić information content (AvgIpc) is 2.46. The van der Waals surface area contributed by atoms with Gasteiger partial charge in [0.15, 0.2) is 0 Å². The maximum Gasteiger partial charge on any atom is 0.0608 e. The molecule has 0 aromatic rings. The molecule has 1 saturated carbocycles. The first-order valence-electron chi connectivity index (χ1n) is 8.94. The van der Waals surface area contributed by atoms with E-state index in [0.717, 1.165) is 37.5 Å². The molecule has 0 radical (unpaired) electrons. The summed E-state index contributed by atoms with van der Waals surface area (Å²) < 4.78 is 0. The molecule has 1 aliphatic rings. The second-order valence-electron chi connectivity index (χ2n) is 7.37. The number of nitrogens with two attached hydrogens (primary N) is 1. The van der Waals surface area contributed by atoms with E-state index in [0.29, 0.717) is 6.54 Å². The minimum absolute atomic E-state index is 0.0240. The van der Waals surface area contributed by atoms with Crippen molar-refractivity contribution < 1.29 is 5.11 Å². The Kier molecular flexibility index (Phi) is 8.13. The minimum Gasteiger partial charge on any atom is -0.393 e. The lowest BCUT2D eigenvalue weighted by molar-refractivity contribution is -0.0188. The molecular weight excluding hydrogens is 246 g/mol. The second kappa shape index (κ2) is 9.04. The van der Waals surface area contributed by atoms with Gasteiger partial charge in [-0.2, -0.15) is 0 Å². The molecule has 1 rings (SSSR count). The summed E-state index contributed by atoms with van der Waals surface area (Å²) >= 11 is 0. The Hall–Kier alpha value is -0.0800. The van der Waals surface area contributed by atoms with Crippen LogP contribution in [-0.4, -0.2) is 17.8 Å². The van der Waals surface area contributed by atoms with Crippen LogP contribution >= 0.6 is 0 Å². The third-order valence-electron chi connectivity index (χ3n) is 5.66. The Morgan fingerprint density at radius 1 is 1.10 bits per heavy atom. The zero-order valence-electron chi connectivity index (χ0n) is 14.0. The highest BCUT2D eigenvalue weighted by molar-refractivity contribution is 4.92. The molecule has 0 amide bonds. The number of aliphatic hydroxyl groups is 1. The van der Waals surface area contributed by atoms with Crippen LogP contribution in [0.1, 0.15) is 85.0 Å². The summed E-state index contributed by atoms with van der Waals surface area (Å²) in [5.41, 5.74) is 6.08. The molecule has 0 aliphatic heterocycles. The van der Waals surface area contributed by atoms with Gasteiger partial charge in [-0.15, -0.1) is 0 Å². The molecule has 120 valence electrons. The summed E-state index contributed by atoms with van der Waals surface area (Å²) in [6.07, 6.45) is 11.9. The van der Waals surface area contributed by atoms with E-state index in [1.807, 2.05) is 0 Å². The van der Waals surface area contributed by atoms with E-state index >= 15 is 0 Å². The lowest BCUT2D eigenvalue weighted by Crippen LogP contribution is -2.45. The topological polar surface area (TPSA) is 46.2 Å². The highest BCUT2D eigenvalue weighted by Gasteiger charge is 2.40. The number of unbranched alkanes of at least 4 members (excludes halogenated alkanes) is 4. The molecule has 1 aliphatic carbocycles. The molecule has 1 atom stereocenters. The molecular formula is C18H37NO. The van der Waals surface area contributed by atoms with Crippen LogP contribution < -0.4 is 5.73 Å². The first-order valence-corrected chi connectivity index (χ1v) is 8.94. The lowest BCUT2D eigenvalue weighted by atomic mass is 9.64. The molecule has 2 heteroatoms. The number of rotatable bonds is 9. The molecule has 1 fully saturated rings. The van der Waals surface area contributed by atoms with Gasteiger partial charge in [-0.25, -0.2) is 0 Å². The fourth-order valence-electron chi connectivity index (χ4n) is 3.80. The van der Waals surface area contributed by atoms with Crippen LogP contribution in [0.3, 0.4) is 0 Å². The van der Waals surface area contributed by atoms with Gasteiger partial charge in [0.25, 0.3) is 0 Å². The van der Waals surface area contributed by atoms with Crippen molar-refractivity contribution in [3.05, 3.63) is 0 Å². The van der Waals surface area contributed by atoms with E-state index in [4.69, 9.17) is 5.73 Å².